The molecule has 2 aromatic carbocycles. The molecule has 0 atom stereocenters. The molecule has 0 radical (unpaired) electrons. The number of carboxylic acids is 1. The third-order valence-electron chi connectivity index (χ3n) is 7.36. The van der Waals surface area contributed by atoms with E-state index < -0.39 is 22.9 Å². The standard InChI is InChI=1S/C28H36N2O5/c1-5-28(6-2,24(31)29-16-15-27(3,4)25(32)33)18-30-26(34)35-17-23-21-13-9-7-11-19(21)20-12-8-10-14-22(20)23/h7-14,23H,5-6,15-18H2,1-4H3,(H,29,31)(H,30,34)(H,32,33). The van der Waals surface area contributed by atoms with Crippen molar-refractivity contribution in [3.63, 3.8) is 0 Å². The van der Waals surface area contributed by atoms with E-state index in [0.29, 0.717) is 19.3 Å². The predicted octanol–water partition coefficient (Wildman–Crippen LogP) is 4.95. The Labute approximate surface area is 207 Å². The van der Waals surface area contributed by atoms with E-state index in [0.717, 1.165) is 22.3 Å². The minimum Gasteiger partial charge on any atom is -0.481 e. The van der Waals surface area contributed by atoms with E-state index in [-0.39, 0.29) is 31.5 Å². The van der Waals surface area contributed by atoms with Crippen LogP contribution < -0.4 is 10.6 Å². The average molecular weight is 481 g/mol. The number of amides is 2. The minimum atomic E-state index is -0.923. The van der Waals surface area contributed by atoms with E-state index >= 15 is 0 Å². The number of aliphatic carboxylic acids is 1. The molecule has 3 N–H and O–H groups in total. The topological polar surface area (TPSA) is 105 Å². The summed E-state index contributed by atoms with van der Waals surface area (Å²) in [5.74, 6) is -1.13. The summed E-state index contributed by atoms with van der Waals surface area (Å²) in [6.07, 6.45) is 0.818. The van der Waals surface area contributed by atoms with Gasteiger partial charge in [-0.25, -0.2) is 4.79 Å². The molecule has 0 fully saturated rings. The summed E-state index contributed by atoms with van der Waals surface area (Å²) in [5, 5.41) is 14.9. The molecule has 0 aliphatic heterocycles. The second-order valence-corrected chi connectivity index (χ2v) is 9.86. The first-order valence-corrected chi connectivity index (χ1v) is 12.3. The molecular weight excluding hydrogens is 444 g/mol. The highest BCUT2D eigenvalue weighted by Crippen LogP contribution is 2.44. The lowest BCUT2D eigenvalue weighted by Gasteiger charge is -2.31. The van der Waals surface area contributed by atoms with Crippen LogP contribution in [0.2, 0.25) is 0 Å². The molecule has 1 aliphatic rings. The Bertz CT molecular complexity index is 1030. The van der Waals surface area contributed by atoms with Gasteiger partial charge in [-0.3, -0.25) is 9.59 Å². The number of hydrogen-bond acceptors (Lipinski definition) is 4. The maximum absolute atomic E-state index is 13.0. The van der Waals surface area contributed by atoms with Gasteiger partial charge in [-0.05, 0) is 55.4 Å². The third kappa shape index (κ3) is 5.66. The van der Waals surface area contributed by atoms with Crippen molar-refractivity contribution in [2.45, 2.75) is 52.9 Å². The molecule has 0 heterocycles. The Morgan fingerprint density at radius 2 is 1.46 bits per heavy atom. The van der Waals surface area contributed by atoms with Crippen LogP contribution in [0.1, 0.15) is 64.0 Å². The van der Waals surface area contributed by atoms with Crippen molar-refractivity contribution in [2.24, 2.45) is 10.8 Å². The largest absolute Gasteiger partial charge is 0.481 e. The smallest absolute Gasteiger partial charge is 0.407 e. The average Bonchev–Trinajstić information content (AvgIpc) is 3.17. The number of benzene rings is 2. The molecule has 188 valence electrons. The third-order valence-corrected chi connectivity index (χ3v) is 7.36. The zero-order valence-corrected chi connectivity index (χ0v) is 21.0. The number of carbonyl (C=O) groups excluding carboxylic acids is 2. The van der Waals surface area contributed by atoms with Crippen LogP contribution in [0.15, 0.2) is 48.5 Å². The molecule has 7 heteroatoms. The van der Waals surface area contributed by atoms with Crippen molar-refractivity contribution < 1.29 is 24.2 Å². The fraction of sp³-hybridized carbons (Fsp3) is 0.464. The molecule has 2 amide bonds. The molecule has 35 heavy (non-hydrogen) atoms. The van der Waals surface area contributed by atoms with Gasteiger partial charge < -0.3 is 20.5 Å². The second-order valence-electron chi connectivity index (χ2n) is 9.86. The number of nitrogens with one attached hydrogen (secondary N) is 2. The summed E-state index contributed by atoms with van der Waals surface area (Å²) in [7, 11) is 0. The molecule has 0 aromatic heterocycles. The number of rotatable bonds is 11. The maximum atomic E-state index is 13.0. The lowest BCUT2D eigenvalue weighted by atomic mass is 9.81. The monoisotopic (exact) mass is 480 g/mol. The number of fused-ring (bicyclic) bond motifs is 3. The first kappa shape index (κ1) is 26.3. The fourth-order valence-electron chi connectivity index (χ4n) is 4.58. The molecular formula is C28H36N2O5. The van der Waals surface area contributed by atoms with Crippen molar-refractivity contribution in [3.8, 4) is 11.1 Å². The van der Waals surface area contributed by atoms with Crippen molar-refractivity contribution in [1.82, 2.24) is 10.6 Å². The lowest BCUT2D eigenvalue weighted by Crippen LogP contribution is -2.48. The fourth-order valence-corrected chi connectivity index (χ4v) is 4.58. The van der Waals surface area contributed by atoms with Gasteiger partial charge in [0.15, 0.2) is 0 Å². The van der Waals surface area contributed by atoms with Crippen LogP contribution in [0.25, 0.3) is 11.1 Å². The summed E-state index contributed by atoms with van der Waals surface area (Å²) >= 11 is 0. The van der Waals surface area contributed by atoms with Crippen LogP contribution in [-0.2, 0) is 14.3 Å². The van der Waals surface area contributed by atoms with Crippen LogP contribution in [0.3, 0.4) is 0 Å². The van der Waals surface area contributed by atoms with Gasteiger partial charge in [0.25, 0.3) is 0 Å². The molecule has 7 nitrogen and oxygen atoms in total. The Kier molecular flexibility index (Phi) is 8.20. The lowest BCUT2D eigenvalue weighted by molar-refractivity contribution is -0.147. The SMILES string of the molecule is CCC(CC)(CNC(=O)OCC1c2ccccc2-c2ccccc21)C(=O)NCCC(C)(C)C(=O)O. The summed E-state index contributed by atoms with van der Waals surface area (Å²) in [6, 6.07) is 16.3. The van der Waals surface area contributed by atoms with Crippen LogP contribution >= 0.6 is 0 Å². The molecule has 0 unspecified atom stereocenters. The molecule has 1 aliphatic carbocycles. The predicted molar refractivity (Wildman–Crippen MR) is 135 cm³/mol. The van der Waals surface area contributed by atoms with Crippen molar-refractivity contribution in [3.05, 3.63) is 59.7 Å². The van der Waals surface area contributed by atoms with Crippen molar-refractivity contribution >= 4 is 18.0 Å². The Morgan fingerprint density at radius 1 is 0.914 bits per heavy atom. The van der Waals surface area contributed by atoms with Crippen LogP contribution in [0.4, 0.5) is 4.79 Å². The number of hydrogen-bond donors (Lipinski definition) is 3. The van der Waals surface area contributed by atoms with Crippen LogP contribution in [-0.4, -0.2) is 42.8 Å². The van der Waals surface area contributed by atoms with Gasteiger partial charge in [-0.15, -0.1) is 0 Å². The van der Waals surface area contributed by atoms with Crippen LogP contribution in [0, 0.1) is 10.8 Å². The van der Waals surface area contributed by atoms with Gasteiger partial charge >= 0.3 is 12.1 Å². The highest BCUT2D eigenvalue weighted by molar-refractivity contribution is 5.84. The zero-order valence-electron chi connectivity index (χ0n) is 21.0. The van der Waals surface area contributed by atoms with E-state index in [1.807, 2.05) is 38.1 Å². The number of carbonyl (C=O) groups is 3. The summed E-state index contributed by atoms with van der Waals surface area (Å²) in [5.41, 5.74) is 2.89. The van der Waals surface area contributed by atoms with Crippen LogP contribution in [0.5, 0.6) is 0 Å². The summed E-state index contributed by atoms with van der Waals surface area (Å²) in [6.45, 7) is 7.69. The normalized spacial score (nSPS) is 13.0. The van der Waals surface area contributed by atoms with Gasteiger partial charge in [0.2, 0.25) is 5.91 Å². The number of alkyl carbamates (subject to hydrolysis) is 1. The second kappa shape index (κ2) is 10.9. The van der Waals surface area contributed by atoms with Gasteiger partial charge in [0, 0.05) is 19.0 Å². The quantitative estimate of drug-likeness (QED) is 0.422. The highest BCUT2D eigenvalue weighted by Gasteiger charge is 2.36. The molecule has 0 saturated carbocycles. The van der Waals surface area contributed by atoms with E-state index in [2.05, 4.69) is 34.9 Å². The molecule has 2 aromatic rings. The minimum absolute atomic E-state index is 0.0313. The first-order valence-electron chi connectivity index (χ1n) is 12.3. The van der Waals surface area contributed by atoms with E-state index in [1.54, 1.807) is 13.8 Å². The summed E-state index contributed by atoms with van der Waals surface area (Å²) < 4.78 is 5.61. The van der Waals surface area contributed by atoms with E-state index in [1.165, 1.54) is 0 Å². The van der Waals surface area contributed by atoms with Gasteiger partial charge in [-0.2, -0.15) is 0 Å². The molecule has 0 spiro atoms. The first-order chi connectivity index (χ1) is 16.6. The Morgan fingerprint density at radius 3 is 1.97 bits per heavy atom. The van der Waals surface area contributed by atoms with E-state index in [4.69, 9.17) is 4.74 Å². The Balaban J connectivity index is 1.57. The zero-order chi connectivity index (χ0) is 25.6. The van der Waals surface area contributed by atoms with E-state index in [9.17, 15) is 19.5 Å². The van der Waals surface area contributed by atoms with Crippen molar-refractivity contribution in [2.75, 3.05) is 19.7 Å². The number of ether oxygens (including phenoxy) is 1. The Hall–Kier alpha value is -3.35. The van der Waals surface area contributed by atoms with Gasteiger partial charge in [-0.1, -0.05) is 62.4 Å². The van der Waals surface area contributed by atoms with Crippen molar-refractivity contribution in [1.29, 1.82) is 0 Å². The molecule has 0 saturated heterocycles. The van der Waals surface area contributed by atoms with Gasteiger partial charge in [0.05, 0.1) is 10.8 Å². The maximum Gasteiger partial charge on any atom is 0.407 e. The number of carboxylic acid groups (broad SMARTS) is 1. The molecule has 0 bridgehead atoms. The highest BCUT2D eigenvalue weighted by atomic mass is 16.5. The summed E-state index contributed by atoms with van der Waals surface area (Å²) in [4.78, 5) is 36.9. The van der Waals surface area contributed by atoms with Gasteiger partial charge in [0.1, 0.15) is 6.61 Å². The molecule has 3 rings (SSSR count).